The Morgan fingerprint density at radius 2 is 0.549 bits per heavy atom. The van der Waals surface area contributed by atoms with Gasteiger partial charge in [0, 0.05) is 19.3 Å². The molecule has 6 nitrogen and oxygen atoms in total. The van der Waals surface area contributed by atoms with Gasteiger partial charge in [0.2, 0.25) is 0 Å². The minimum atomic E-state index is -0.807. The lowest BCUT2D eigenvalue weighted by Gasteiger charge is -2.18. The molecule has 0 unspecified atom stereocenters. The maximum Gasteiger partial charge on any atom is 0.306 e. The molecule has 402 valence electrons. The van der Waals surface area contributed by atoms with Gasteiger partial charge in [-0.1, -0.05) is 226 Å². The van der Waals surface area contributed by atoms with E-state index in [1.165, 1.54) is 70.6 Å². The van der Waals surface area contributed by atoms with Crippen molar-refractivity contribution in [2.75, 3.05) is 13.2 Å². The molecule has 0 N–H and O–H groups in total. The van der Waals surface area contributed by atoms with Crippen LogP contribution in [0.3, 0.4) is 0 Å². The Morgan fingerprint density at radius 1 is 0.296 bits per heavy atom. The van der Waals surface area contributed by atoms with Crippen LogP contribution in [-0.4, -0.2) is 37.2 Å². The fourth-order valence-electron chi connectivity index (χ4n) is 7.63. The molecule has 0 amide bonds. The summed E-state index contributed by atoms with van der Waals surface area (Å²) < 4.78 is 16.8. The van der Waals surface area contributed by atoms with Crippen molar-refractivity contribution in [1.82, 2.24) is 0 Å². The molecule has 0 aliphatic carbocycles. The molecule has 0 radical (unpaired) electrons. The summed E-state index contributed by atoms with van der Waals surface area (Å²) in [6, 6.07) is 0. The van der Waals surface area contributed by atoms with E-state index in [0.717, 1.165) is 141 Å². The lowest BCUT2D eigenvalue weighted by Crippen LogP contribution is -2.30. The van der Waals surface area contributed by atoms with Gasteiger partial charge in [0.15, 0.2) is 6.10 Å². The van der Waals surface area contributed by atoms with Gasteiger partial charge in [0.25, 0.3) is 0 Å². The summed E-state index contributed by atoms with van der Waals surface area (Å²) >= 11 is 0. The number of esters is 3. The monoisotopic (exact) mass is 983 g/mol. The van der Waals surface area contributed by atoms with Crippen LogP contribution < -0.4 is 0 Å². The predicted molar refractivity (Wildman–Crippen MR) is 306 cm³/mol. The summed E-state index contributed by atoms with van der Waals surface area (Å²) in [4.78, 5) is 38.2. The lowest BCUT2D eigenvalue weighted by atomic mass is 10.1. The molecule has 0 heterocycles. The van der Waals surface area contributed by atoms with Gasteiger partial charge in [-0.05, 0) is 128 Å². The van der Waals surface area contributed by atoms with Crippen LogP contribution in [-0.2, 0) is 28.6 Å². The Hall–Kier alpha value is -4.19. The van der Waals surface area contributed by atoms with Gasteiger partial charge >= 0.3 is 17.9 Å². The first kappa shape index (κ1) is 66.8. The molecule has 71 heavy (non-hydrogen) atoms. The van der Waals surface area contributed by atoms with Crippen molar-refractivity contribution in [3.63, 3.8) is 0 Å². The van der Waals surface area contributed by atoms with E-state index in [2.05, 4.69) is 142 Å². The Balaban J connectivity index is 4.48. The summed E-state index contributed by atoms with van der Waals surface area (Å²) in [7, 11) is 0. The highest BCUT2D eigenvalue weighted by molar-refractivity contribution is 5.71. The molecule has 0 aliphatic heterocycles. The van der Waals surface area contributed by atoms with Crippen LogP contribution in [0.4, 0.5) is 0 Å². The molecule has 0 aromatic rings. The largest absolute Gasteiger partial charge is 0.462 e. The summed E-state index contributed by atoms with van der Waals surface area (Å²) in [5.41, 5.74) is 0. The third kappa shape index (κ3) is 56.6. The average Bonchev–Trinajstić information content (AvgIpc) is 3.37. The molecule has 0 bridgehead atoms. The van der Waals surface area contributed by atoms with Crippen LogP contribution in [0, 0.1) is 0 Å². The number of carbonyl (C=O) groups excluding carboxylic acids is 3. The normalized spacial score (nSPS) is 13.0. The summed E-state index contributed by atoms with van der Waals surface area (Å²) in [5, 5.41) is 0. The molecule has 0 saturated carbocycles. The van der Waals surface area contributed by atoms with Crippen molar-refractivity contribution in [2.24, 2.45) is 0 Å². The smallest absolute Gasteiger partial charge is 0.306 e. The Labute approximate surface area is 437 Å². The number of hydrogen-bond acceptors (Lipinski definition) is 6. The van der Waals surface area contributed by atoms with Gasteiger partial charge in [-0.25, -0.2) is 0 Å². The highest BCUT2D eigenvalue weighted by atomic mass is 16.6. The Kier molecular flexibility index (Phi) is 54.9. The molecule has 0 aliphatic rings. The van der Waals surface area contributed by atoms with E-state index in [4.69, 9.17) is 14.2 Å². The van der Waals surface area contributed by atoms with Crippen molar-refractivity contribution in [3.8, 4) is 0 Å². The van der Waals surface area contributed by atoms with Gasteiger partial charge < -0.3 is 14.2 Å². The number of carbonyl (C=O) groups is 3. The second kappa shape index (κ2) is 58.4. The van der Waals surface area contributed by atoms with Crippen LogP contribution in [0.2, 0.25) is 0 Å². The topological polar surface area (TPSA) is 78.9 Å². The van der Waals surface area contributed by atoms with Crippen molar-refractivity contribution in [3.05, 3.63) is 122 Å². The number of unbranched alkanes of at least 4 members (excludes halogenated alkanes) is 20. The van der Waals surface area contributed by atoms with Crippen molar-refractivity contribution >= 4 is 17.9 Å². The zero-order valence-corrected chi connectivity index (χ0v) is 45.9. The Bertz CT molecular complexity index is 1500. The SMILES string of the molecule is CC/C=C\C/C=C\C/C=C\C/C=C\C/C=C\CCCCCC(=O)OC[C@H](COC(=O)CCCCCCCCCCC/C=C\C/C=C\CCCCC)OC(=O)CCCCCCC/C=C\C/C=C\C/C=C\CC. The van der Waals surface area contributed by atoms with E-state index >= 15 is 0 Å². The number of ether oxygens (including phenoxy) is 3. The van der Waals surface area contributed by atoms with Crippen molar-refractivity contribution in [1.29, 1.82) is 0 Å². The highest BCUT2D eigenvalue weighted by Gasteiger charge is 2.19. The first-order valence-corrected chi connectivity index (χ1v) is 29.0. The lowest BCUT2D eigenvalue weighted by molar-refractivity contribution is -0.167. The van der Waals surface area contributed by atoms with E-state index in [1.807, 2.05) is 0 Å². The van der Waals surface area contributed by atoms with E-state index in [0.29, 0.717) is 19.3 Å². The predicted octanol–water partition coefficient (Wildman–Crippen LogP) is 19.6. The van der Waals surface area contributed by atoms with Gasteiger partial charge in [-0.3, -0.25) is 14.4 Å². The van der Waals surface area contributed by atoms with Crippen LogP contribution in [0.5, 0.6) is 0 Å². The molecular weight excluding hydrogens is 877 g/mol. The molecule has 0 fully saturated rings. The minimum Gasteiger partial charge on any atom is -0.462 e. The van der Waals surface area contributed by atoms with Crippen LogP contribution in [0.25, 0.3) is 0 Å². The van der Waals surface area contributed by atoms with Gasteiger partial charge in [-0.2, -0.15) is 0 Å². The molecule has 6 heteroatoms. The molecule has 0 aromatic heterocycles. The number of allylic oxidation sites excluding steroid dienone is 20. The summed E-state index contributed by atoms with van der Waals surface area (Å²) in [6.07, 6.45) is 80.4. The van der Waals surface area contributed by atoms with Gasteiger partial charge in [0.1, 0.15) is 13.2 Å². The fraction of sp³-hybridized carbons (Fsp3) is 0.646. The second-order valence-corrected chi connectivity index (χ2v) is 18.8. The number of rotatable bonds is 51. The van der Waals surface area contributed by atoms with Crippen molar-refractivity contribution < 1.29 is 28.6 Å². The number of hydrogen-bond donors (Lipinski definition) is 0. The van der Waals surface area contributed by atoms with Crippen LogP contribution >= 0.6 is 0 Å². The highest BCUT2D eigenvalue weighted by Crippen LogP contribution is 2.14. The Morgan fingerprint density at radius 3 is 0.873 bits per heavy atom. The third-order valence-electron chi connectivity index (χ3n) is 11.9. The first-order chi connectivity index (χ1) is 35.0. The third-order valence-corrected chi connectivity index (χ3v) is 11.9. The molecular formula is C65H106O6. The average molecular weight is 984 g/mol. The minimum absolute atomic E-state index is 0.101. The van der Waals surface area contributed by atoms with E-state index in [-0.39, 0.29) is 31.1 Å². The molecule has 0 rings (SSSR count). The van der Waals surface area contributed by atoms with E-state index in [9.17, 15) is 14.4 Å². The van der Waals surface area contributed by atoms with Crippen LogP contribution in [0.1, 0.15) is 252 Å². The standard InChI is InChI=1S/C65H106O6/c1-4-7-10-13-16-19-22-25-28-30-32-34-37-39-42-45-48-51-54-57-63(66)69-60-62(71-65(68)59-56-53-50-47-44-41-36-27-24-21-18-15-12-9-6-3)61-70-64(67)58-55-52-49-46-43-40-38-35-33-31-29-26-23-20-17-14-11-8-5-2/h7,9-10,12,16-21,25-29,32,34,36,39,42,62H,4-6,8,11,13-15,22-24,30-31,33,35,37-38,40-41,43-61H2,1-3H3/b10-7-,12-9-,19-16-,20-17-,21-18-,28-25-,29-26-,34-32-,36-27-,42-39-/t62-/m1/s1. The summed E-state index contributed by atoms with van der Waals surface area (Å²) in [6.45, 7) is 6.34. The van der Waals surface area contributed by atoms with E-state index < -0.39 is 6.10 Å². The zero-order valence-electron chi connectivity index (χ0n) is 45.9. The fourth-order valence-corrected chi connectivity index (χ4v) is 7.63. The second-order valence-electron chi connectivity index (χ2n) is 18.8. The summed E-state index contributed by atoms with van der Waals surface area (Å²) in [5.74, 6) is -0.956. The van der Waals surface area contributed by atoms with Crippen molar-refractivity contribution in [2.45, 2.75) is 258 Å². The quantitative estimate of drug-likeness (QED) is 0.0261. The zero-order chi connectivity index (χ0) is 51.4. The molecule has 0 spiro atoms. The van der Waals surface area contributed by atoms with Gasteiger partial charge in [-0.15, -0.1) is 0 Å². The van der Waals surface area contributed by atoms with E-state index in [1.54, 1.807) is 0 Å². The maximum absolute atomic E-state index is 12.9. The van der Waals surface area contributed by atoms with Crippen LogP contribution in [0.15, 0.2) is 122 Å². The molecule has 0 saturated heterocycles. The maximum atomic E-state index is 12.9. The van der Waals surface area contributed by atoms with Gasteiger partial charge in [0.05, 0.1) is 0 Å². The molecule has 1 atom stereocenters. The first-order valence-electron chi connectivity index (χ1n) is 29.0. The molecule has 0 aromatic carbocycles.